The predicted molar refractivity (Wildman–Crippen MR) is 61.0 cm³/mol. The Morgan fingerprint density at radius 2 is 2.07 bits per heavy atom. The molecule has 0 bridgehead atoms. The van der Waals surface area contributed by atoms with Gasteiger partial charge in [0.25, 0.3) is 5.92 Å². The van der Waals surface area contributed by atoms with Gasteiger partial charge in [-0.25, -0.2) is 18.7 Å². The highest BCUT2D eigenvalue weighted by Crippen LogP contribution is 2.36. The summed E-state index contributed by atoms with van der Waals surface area (Å²) in [5.41, 5.74) is 0. The zero-order chi connectivity index (χ0) is 10.9. The van der Waals surface area contributed by atoms with E-state index in [1.165, 1.54) is 0 Å². The van der Waals surface area contributed by atoms with Gasteiger partial charge in [0, 0.05) is 22.4 Å². The van der Waals surface area contributed by atoms with Crippen molar-refractivity contribution in [2.75, 3.05) is 5.32 Å². The van der Waals surface area contributed by atoms with E-state index in [0.717, 1.165) is 3.57 Å². The van der Waals surface area contributed by atoms with E-state index in [1.807, 2.05) is 0 Å². The number of alkyl halides is 2. The van der Waals surface area contributed by atoms with Crippen LogP contribution in [0.25, 0.3) is 0 Å². The van der Waals surface area contributed by atoms with Crippen LogP contribution in [0.4, 0.5) is 14.7 Å². The van der Waals surface area contributed by atoms with Gasteiger partial charge in [-0.15, -0.1) is 0 Å². The Labute approximate surface area is 99.8 Å². The molecule has 0 aliphatic heterocycles. The lowest BCUT2D eigenvalue weighted by Gasteiger charge is -2.19. The third-order valence-corrected chi connectivity index (χ3v) is 2.99. The van der Waals surface area contributed by atoms with Gasteiger partial charge in [-0.1, -0.05) is 0 Å². The van der Waals surface area contributed by atoms with Crippen molar-refractivity contribution >= 4 is 28.5 Å². The molecule has 0 spiro atoms. The van der Waals surface area contributed by atoms with E-state index in [0.29, 0.717) is 12.8 Å². The molecule has 1 unspecified atom stereocenters. The van der Waals surface area contributed by atoms with Gasteiger partial charge in [-0.2, -0.15) is 0 Å². The highest BCUT2D eigenvalue weighted by Gasteiger charge is 2.44. The van der Waals surface area contributed by atoms with Crippen LogP contribution < -0.4 is 5.32 Å². The standard InChI is InChI=1S/C9H10F2IN3/c10-9(11)3-1-2-7(9)15-8-13-4-6(12)5-14-8/h4-5,7H,1-3H2,(H,13,14,15). The molecule has 1 aromatic rings. The topological polar surface area (TPSA) is 37.8 Å². The van der Waals surface area contributed by atoms with E-state index in [4.69, 9.17) is 0 Å². The van der Waals surface area contributed by atoms with Crippen LogP contribution in [0.15, 0.2) is 12.4 Å². The fraction of sp³-hybridized carbons (Fsp3) is 0.556. The summed E-state index contributed by atoms with van der Waals surface area (Å²) >= 11 is 2.07. The molecule has 1 heterocycles. The van der Waals surface area contributed by atoms with Crippen molar-refractivity contribution in [2.45, 2.75) is 31.2 Å². The zero-order valence-corrected chi connectivity index (χ0v) is 10.0. The molecule has 0 aromatic carbocycles. The first-order valence-corrected chi connectivity index (χ1v) is 5.78. The average Bonchev–Trinajstić information content (AvgIpc) is 2.50. The molecular formula is C9H10F2IN3. The number of hydrogen-bond acceptors (Lipinski definition) is 3. The Bertz CT molecular complexity index is 342. The maximum Gasteiger partial charge on any atom is 0.267 e. The summed E-state index contributed by atoms with van der Waals surface area (Å²) in [5.74, 6) is -2.35. The molecule has 1 atom stereocenters. The minimum absolute atomic E-state index is 0.0466. The number of aromatic nitrogens is 2. The van der Waals surface area contributed by atoms with Gasteiger partial charge < -0.3 is 5.32 Å². The van der Waals surface area contributed by atoms with Crippen LogP contribution in [0, 0.1) is 3.57 Å². The predicted octanol–water partition coefficient (Wildman–Crippen LogP) is 2.68. The first kappa shape index (κ1) is 11.0. The number of hydrogen-bond donors (Lipinski definition) is 1. The second-order valence-corrected chi connectivity index (χ2v) is 4.82. The van der Waals surface area contributed by atoms with Crippen molar-refractivity contribution in [1.82, 2.24) is 9.97 Å². The quantitative estimate of drug-likeness (QED) is 0.850. The Kier molecular flexibility index (Phi) is 3.03. The summed E-state index contributed by atoms with van der Waals surface area (Å²) in [6.45, 7) is 0. The first-order valence-electron chi connectivity index (χ1n) is 4.70. The third-order valence-electron chi connectivity index (χ3n) is 2.44. The van der Waals surface area contributed by atoms with Crippen molar-refractivity contribution in [1.29, 1.82) is 0 Å². The van der Waals surface area contributed by atoms with Gasteiger partial charge in [-0.3, -0.25) is 0 Å². The van der Waals surface area contributed by atoms with Crippen LogP contribution >= 0.6 is 22.6 Å². The molecule has 0 radical (unpaired) electrons. The number of anilines is 1. The molecule has 1 aliphatic carbocycles. The summed E-state index contributed by atoms with van der Waals surface area (Å²) in [6, 6.07) is -0.822. The minimum atomic E-state index is -2.63. The third kappa shape index (κ3) is 2.53. The second kappa shape index (κ2) is 4.15. The lowest BCUT2D eigenvalue weighted by atomic mass is 10.2. The summed E-state index contributed by atoms with van der Waals surface area (Å²) in [6.07, 6.45) is 4.18. The van der Waals surface area contributed by atoms with Gasteiger partial charge >= 0.3 is 0 Å². The van der Waals surface area contributed by atoms with Gasteiger partial charge in [0.2, 0.25) is 5.95 Å². The fourth-order valence-corrected chi connectivity index (χ4v) is 1.93. The molecule has 0 amide bonds. The van der Waals surface area contributed by atoms with Crippen LogP contribution in [-0.4, -0.2) is 21.9 Å². The van der Waals surface area contributed by atoms with Crippen LogP contribution in [0.1, 0.15) is 19.3 Å². The summed E-state index contributed by atoms with van der Waals surface area (Å²) < 4.78 is 27.4. The second-order valence-electron chi connectivity index (χ2n) is 3.58. The van der Waals surface area contributed by atoms with Crippen LogP contribution in [0.5, 0.6) is 0 Å². The molecule has 15 heavy (non-hydrogen) atoms. The maximum absolute atomic E-state index is 13.3. The number of nitrogens with one attached hydrogen (secondary N) is 1. The minimum Gasteiger partial charge on any atom is -0.345 e. The Balaban J connectivity index is 2.06. The van der Waals surface area contributed by atoms with Gasteiger partial charge in [0.05, 0.1) is 6.04 Å². The van der Waals surface area contributed by atoms with Crippen LogP contribution in [-0.2, 0) is 0 Å². The van der Waals surface area contributed by atoms with Gasteiger partial charge in [-0.05, 0) is 35.4 Å². The Morgan fingerprint density at radius 1 is 1.40 bits per heavy atom. The van der Waals surface area contributed by atoms with Gasteiger partial charge in [0.1, 0.15) is 0 Å². The van der Waals surface area contributed by atoms with E-state index in [2.05, 4.69) is 37.9 Å². The van der Waals surface area contributed by atoms with Crippen molar-refractivity contribution < 1.29 is 8.78 Å². The van der Waals surface area contributed by atoms with E-state index in [1.54, 1.807) is 12.4 Å². The molecule has 1 N–H and O–H groups in total. The van der Waals surface area contributed by atoms with Crippen LogP contribution in [0.2, 0.25) is 0 Å². The first-order chi connectivity index (χ1) is 7.08. The highest BCUT2D eigenvalue weighted by atomic mass is 127. The smallest absolute Gasteiger partial charge is 0.267 e. The Morgan fingerprint density at radius 3 is 2.60 bits per heavy atom. The molecule has 6 heteroatoms. The van der Waals surface area contributed by atoms with E-state index in [9.17, 15) is 8.78 Å². The number of nitrogens with zero attached hydrogens (tertiary/aromatic N) is 2. The van der Waals surface area contributed by atoms with E-state index < -0.39 is 12.0 Å². The molecule has 0 saturated heterocycles. The lowest BCUT2D eigenvalue weighted by Crippen LogP contribution is -2.34. The van der Waals surface area contributed by atoms with Crippen molar-refractivity contribution in [3.05, 3.63) is 16.0 Å². The molecule has 1 aromatic heterocycles. The van der Waals surface area contributed by atoms with Crippen molar-refractivity contribution in [2.24, 2.45) is 0 Å². The SMILES string of the molecule is FC1(F)CCCC1Nc1ncc(I)cn1. The molecule has 1 saturated carbocycles. The molecule has 2 rings (SSSR count). The number of halogens is 3. The van der Waals surface area contributed by atoms with Crippen molar-refractivity contribution in [3.8, 4) is 0 Å². The maximum atomic E-state index is 13.3. The summed E-state index contributed by atoms with van der Waals surface area (Å²) in [4.78, 5) is 7.89. The van der Waals surface area contributed by atoms with E-state index in [-0.39, 0.29) is 12.4 Å². The average molecular weight is 325 g/mol. The zero-order valence-electron chi connectivity index (χ0n) is 7.88. The number of rotatable bonds is 2. The molecule has 1 aliphatic rings. The van der Waals surface area contributed by atoms with E-state index >= 15 is 0 Å². The van der Waals surface area contributed by atoms with Crippen molar-refractivity contribution in [3.63, 3.8) is 0 Å². The lowest BCUT2D eigenvalue weighted by molar-refractivity contribution is -0.000797. The monoisotopic (exact) mass is 325 g/mol. The fourth-order valence-electron chi connectivity index (χ4n) is 1.65. The highest BCUT2D eigenvalue weighted by molar-refractivity contribution is 14.1. The molecule has 1 fully saturated rings. The van der Waals surface area contributed by atoms with Crippen LogP contribution in [0.3, 0.4) is 0 Å². The molecular weight excluding hydrogens is 315 g/mol. The largest absolute Gasteiger partial charge is 0.345 e. The summed E-state index contributed by atoms with van der Waals surface area (Å²) in [7, 11) is 0. The summed E-state index contributed by atoms with van der Waals surface area (Å²) in [5, 5.41) is 2.68. The molecule has 82 valence electrons. The molecule has 3 nitrogen and oxygen atoms in total. The van der Waals surface area contributed by atoms with Gasteiger partial charge in [0.15, 0.2) is 0 Å². The normalized spacial score (nSPS) is 24.1. The Hall–Kier alpha value is -0.530.